The van der Waals surface area contributed by atoms with Crippen LogP contribution in [0.4, 0.5) is 4.39 Å². The summed E-state index contributed by atoms with van der Waals surface area (Å²) >= 11 is 0. The van der Waals surface area contributed by atoms with Crippen LogP contribution in [0.2, 0.25) is 0 Å². The van der Waals surface area contributed by atoms with Crippen LogP contribution in [0.25, 0.3) is 0 Å². The third-order valence-electron chi connectivity index (χ3n) is 4.89. The quantitative estimate of drug-likeness (QED) is 0.544. The molecule has 0 aliphatic carbocycles. The summed E-state index contributed by atoms with van der Waals surface area (Å²) < 4.78 is 31.1. The maximum atomic E-state index is 14.8. The lowest BCUT2D eigenvalue weighted by atomic mass is 10.0. The summed E-state index contributed by atoms with van der Waals surface area (Å²) in [7, 11) is 1.55. The fourth-order valence-corrected chi connectivity index (χ4v) is 3.24. The van der Waals surface area contributed by atoms with Crippen molar-refractivity contribution < 1.29 is 39.0 Å². The van der Waals surface area contributed by atoms with Crippen molar-refractivity contribution in [2.45, 2.75) is 44.1 Å². The maximum absolute atomic E-state index is 14.8. The molecule has 1 aliphatic heterocycles. The predicted octanol–water partition coefficient (Wildman–Crippen LogP) is 1.13. The van der Waals surface area contributed by atoms with Gasteiger partial charge in [-0.2, -0.15) is 0 Å². The van der Waals surface area contributed by atoms with Crippen molar-refractivity contribution in [1.29, 1.82) is 0 Å². The molecular formula is C21H25FO7. The Balaban J connectivity index is 1.90. The summed E-state index contributed by atoms with van der Waals surface area (Å²) in [5, 5.41) is 38.9. The summed E-state index contributed by atoms with van der Waals surface area (Å²) in [5.41, 5.74) is 1.30. The molecule has 0 amide bonds. The SMILES string of the molecule is COc1ccc(Cc2c(F)cc(CO)cc2O[C@H]2O[C@H](CO)C[C@H](O)[C@H]2O)cc1. The summed E-state index contributed by atoms with van der Waals surface area (Å²) in [6.45, 7) is -0.751. The number of halogens is 1. The lowest BCUT2D eigenvalue weighted by Gasteiger charge is -2.36. The lowest BCUT2D eigenvalue weighted by molar-refractivity contribution is -0.240. The van der Waals surface area contributed by atoms with E-state index in [1.807, 2.05) is 0 Å². The Morgan fingerprint density at radius 2 is 1.83 bits per heavy atom. The molecule has 7 nitrogen and oxygen atoms in total. The molecule has 8 heteroatoms. The molecule has 0 aromatic heterocycles. The van der Waals surface area contributed by atoms with E-state index in [1.54, 1.807) is 31.4 Å². The zero-order chi connectivity index (χ0) is 21.0. The molecule has 3 rings (SSSR count). The number of rotatable bonds is 7. The van der Waals surface area contributed by atoms with E-state index in [0.29, 0.717) is 11.3 Å². The molecule has 158 valence electrons. The normalized spacial score (nSPS) is 24.3. The third-order valence-corrected chi connectivity index (χ3v) is 4.89. The van der Waals surface area contributed by atoms with Crippen molar-refractivity contribution in [3.63, 3.8) is 0 Å². The number of benzene rings is 2. The average molecular weight is 408 g/mol. The van der Waals surface area contributed by atoms with Crippen molar-refractivity contribution in [3.05, 3.63) is 58.9 Å². The van der Waals surface area contributed by atoms with Crippen LogP contribution in [0.15, 0.2) is 36.4 Å². The third kappa shape index (κ3) is 5.04. The number of methoxy groups -OCH3 is 1. The zero-order valence-corrected chi connectivity index (χ0v) is 16.0. The molecule has 4 N–H and O–H groups in total. The summed E-state index contributed by atoms with van der Waals surface area (Å²) in [6, 6.07) is 9.78. The van der Waals surface area contributed by atoms with Crippen LogP contribution in [0, 0.1) is 5.82 Å². The molecule has 4 atom stereocenters. The largest absolute Gasteiger partial charge is 0.497 e. The van der Waals surface area contributed by atoms with Gasteiger partial charge in [0.25, 0.3) is 0 Å². The number of aliphatic hydroxyl groups is 4. The van der Waals surface area contributed by atoms with Crippen molar-refractivity contribution in [2.75, 3.05) is 13.7 Å². The molecule has 1 saturated heterocycles. The summed E-state index contributed by atoms with van der Waals surface area (Å²) in [4.78, 5) is 0. The first-order valence-corrected chi connectivity index (χ1v) is 9.29. The van der Waals surface area contributed by atoms with E-state index in [0.717, 1.165) is 5.56 Å². The van der Waals surface area contributed by atoms with E-state index in [4.69, 9.17) is 14.2 Å². The molecule has 1 fully saturated rings. The smallest absolute Gasteiger partial charge is 0.229 e. The number of hydrogen-bond acceptors (Lipinski definition) is 7. The number of hydrogen-bond donors (Lipinski definition) is 4. The number of ether oxygens (including phenoxy) is 3. The van der Waals surface area contributed by atoms with Gasteiger partial charge in [-0.15, -0.1) is 0 Å². The van der Waals surface area contributed by atoms with Crippen molar-refractivity contribution in [2.24, 2.45) is 0 Å². The summed E-state index contributed by atoms with van der Waals surface area (Å²) in [5.74, 6) is 0.177. The van der Waals surface area contributed by atoms with Gasteiger partial charge in [-0.3, -0.25) is 0 Å². The highest BCUT2D eigenvalue weighted by molar-refractivity contribution is 5.42. The fourth-order valence-electron chi connectivity index (χ4n) is 3.24. The summed E-state index contributed by atoms with van der Waals surface area (Å²) in [6.07, 6.45) is -4.28. The second kappa shape index (κ2) is 9.51. The molecule has 2 aromatic rings. The Morgan fingerprint density at radius 1 is 1.10 bits per heavy atom. The van der Waals surface area contributed by atoms with Crippen LogP contribution in [-0.2, 0) is 17.8 Å². The van der Waals surface area contributed by atoms with Crippen LogP contribution in [-0.4, -0.2) is 58.7 Å². The highest BCUT2D eigenvalue weighted by Gasteiger charge is 2.38. The first kappa shape index (κ1) is 21.5. The van der Waals surface area contributed by atoms with E-state index >= 15 is 0 Å². The van der Waals surface area contributed by atoms with E-state index in [-0.39, 0.29) is 30.8 Å². The monoisotopic (exact) mass is 408 g/mol. The Labute approximate surface area is 167 Å². The molecule has 0 bridgehead atoms. The molecule has 0 saturated carbocycles. The average Bonchev–Trinajstić information content (AvgIpc) is 2.73. The minimum atomic E-state index is -1.37. The topological polar surface area (TPSA) is 109 Å². The van der Waals surface area contributed by atoms with Gasteiger partial charge in [0.15, 0.2) is 0 Å². The van der Waals surface area contributed by atoms with Gasteiger partial charge < -0.3 is 34.6 Å². The van der Waals surface area contributed by atoms with Gasteiger partial charge in [-0.25, -0.2) is 4.39 Å². The van der Waals surface area contributed by atoms with Gasteiger partial charge in [-0.1, -0.05) is 12.1 Å². The minimum absolute atomic E-state index is 0.0568. The number of aliphatic hydroxyl groups excluding tert-OH is 4. The highest BCUT2D eigenvalue weighted by Crippen LogP contribution is 2.31. The second-order valence-electron chi connectivity index (χ2n) is 6.96. The molecule has 0 radical (unpaired) electrons. The highest BCUT2D eigenvalue weighted by atomic mass is 19.1. The van der Waals surface area contributed by atoms with Crippen LogP contribution in [0.5, 0.6) is 11.5 Å². The molecular weight excluding hydrogens is 383 g/mol. The standard InChI is InChI=1S/C21H25FO7/c1-27-14-4-2-12(3-5-14)6-16-17(22)7-13(10-23)8-19(16)29-21-20(26)18(25)9-15(11-24)28-21/h2-5,7-8,15,18,20-21,23-26H,6,9-11H2,1H3/t15-,18-,20+,21+/m0/s1. The predicted molar refractivity (Wildman–Crippen MR) is 101 cm³/mol. The van der Waals surface area contributed by atoms with Gasteiger partial charge in [0.05, 0.1) is 32.5 Å². The maximum Gasteiger partial charge on any atom is 0.229 e. The van der Waals surface area contributed by atoms with E-state index in [2.05, 4.69) is 0 Å². The molecule has 1 heterocycles. The first-order chi connectivity index (χ1) is 13.9. The Morgan fingerprint density at radius 3 is 2.45 bits per heavy atom. The van der Waals surface area contributed by atoms with Crippen molar-refractivity contribution in [1.82, 2.24) is 0 Å². The van der Waals surface area contributed by atoms with Gasteiger partial charge in [-0.05, 0) is 35.4 Å². The van der Waals surface area contributed by atoms with Gasteiger partial charge in [0.2, 0.25) is 6.29 Å². The molecule has 29 heavy (non-hydrogen) atoms. The van der Waals surface area contributed by atoms with Crippen LogP contribution >= 0.6 is 0 Å². The van der Waals surface area contributed by atoms with Gasteiger partial charge in [0, 0.05) is 18.4 Å². The van der Waals surface area contributed by atoms with Crippen molar-refractivity contribution in [3.8, 4) is 11.5 Å². The van der Waals surface area contributed by atoms with E-state index in [9.17, 15) is 24.8 Å². The van der Waals surface area contributed by atoms with Crippen LogP contribution in [0.1, 0.15) is 23.1 Å². The first-order valence-electron chi connectivity index (χ1n) is 9.29. The molecule has 1 aliphatic rings. The second-order valence-corrected chi connectivity index (χ2v) is 6.96. The van der Waals surface area contributed by atoms with E-state index in [1.165, 1.54) is 12.1 Å². The Bertz CT molecular complexity index is 811. The Kier molecular flexibility index (Phi) is 7.05. The van der Waals surface area contributed by atoms with Gasteiger partial charge in [0.1, 0.15) is 23.4 Å². The minimum Gasteiger partial charge on any atom is -0.497 e. The van der Waals surface area contributed by atoms with E-state index < -0.39 is 37.0 Å². The van der Waals surface area contributed by atoms with Crippen LogP contribution < -0.4 is 9.47 Å². The van der Waals surface area contributed by atoms with Crippen molar-refractivity contribution >= 4 is 0 Å². The molecule has 2 aromatic carbocycles. The Hall–Kier alpha value is -2.23. The van der Waals surface area contributed by atoms with Crippen LogP contribution in [0.3, 0.4) is 0 Å². The molecule has 0 spiro atoms. The zero-order valence-electron chi connectivity index (χ0n) is 16.0. The lowest BCUT2D eigenvalue weighted by Crippen LogP contribution is -2.51. The molecule has 0 unspecified atom stereocenters. The fraction of sp³-hybridized carbons (Fsp3) is 0.429. The van der Waals surface area contributed by atoms with Gasteiger partial charge >= 0.3 is 0 Å².